The van der Waals surface area contributed by atoms with E-state index < -0.39 is 29.0 Å². The van der Waals surface area contributed by atoms with Gasteiger partial charge in [-0.05, 0) is 19.1 Å². The van der Waals surface area contributed by atoms with Crippen molar-refractivity contribution in [3.05, 3.63) is 38.9 Å². The van der Waals surface area contributed by atoms with Gasteiger partial charge in [0.15, 0.2) is 0 Å². The molecule has 0 radical (unpaired) electrons. The molecule has 1 unspecified atom stereocenters. The molecule has 2 aromatic rings. The standard InChI is InChI=1S/C14H13N3O5/c1-2-22-10(18)6-9-12(19)15-7-4-3-5-8-11(7)17(9)14(21)13(20)16-8/h3-5,9H,2,6H2,1H3,(H,15,19)(H,16,20). The van der Waals surface area contributed by atoms with Crippen molar-refractivity contribution in [3.8, 4) is 0 Å². The number of aromatic amines is 1. The summed E-state index contributed by atoms with van der Waals surface area (Å²) in [7, 11) is 0. The molecule has 0 saturated heterocycles. The molecule has 8 heteroatoms. The van der Waals surface area contributed by atoms with E-state index in [4.69, 9.17) is 4.74 Å². The van der Waals surface area contributed by atoms with Gasteiger partial charge in [-0.15, -0.1) is 0 Å². The Hall–Kier alpha value is -2.90. The molecule has 1 aromatic heterocycles. The Kier molecular flexibility index (Phi) is 3.28. The number of amides is 1. The van der Waals surface area contributed by atoms with Crippen molar-refractivity contribution in [2.45, 2.75) is 19.4 Å². The second kappa shape index (κ2) is 5.14. The van der Waals surface area contributed by atoms with E-state index in [1.165, 1.54) is 0 Å². The van der Waals surface area contributed by atoms with Gasteiger partial charge in [-0.2, -0.15) is 0 Å². The summed E-state index contributed by atoms with van der Waals surface area (Å²) in [5.41, 5.74) is -0.495. The molecule has 1 amide bonds. The number of para-hydroxylation sites is 1. The van der Waals surface area contributed by atoms with Gasteiger partial charge in [-0.1, -0.05) is 6.07 Å². The van der Waals surface area contributed by atoms with Crippen LogP contribution in [0.25, 0.3) is 11.0 Å². The van der Waals surface area contributed by atoms with Crippen LogP contribution in [0, 0.1) is 0 Å². The highest BCUT2D eigenvalue weighted by Gasteiger charge is 2.32. The zero-order valence-corrected chi connectivity index (χ0v) is 11.7. The quantitative estimate of drug-likeness (QED) is 0.619. The monoisotopic (exact) mass is 303 g/mol. The van der Waals surface area contributed by atoms with Crippen molar-refractivity contribution in [1.29, 1.82) is 0 Å². The molecule has 3 rings (SSSR count). The molecule has 2 heterocycles. The van der Waals surface area contributed by atoms with Crippen LogP contribution in [0.5, 0.6) is 0 Å². The molecule has 1 aliphatic heterocycles. The predicted molar refractivity (Wildman–Crippen MR) is 77.7 cm³/mol. The minimum absolute atomic E-state index is 0.170. The molecule has 0 saturated carbocycles. The van der Waals surface area contributed by atoms with Crippen LogP contribution in [-0.4, -0.2) is 28.0 Å². The van der Waals surface area contributed by atoms with E-state index in [1.54, 1.807) is 25.1 Å². The van der Waals surface area contributed by atoms with Gasteiger partial charge in [-0.25, -0.2) is 0 Å². The second-order valence-corrected chi connectivity index (χ2v) is 4.85. The lowest BCUT2D eigenvalue weighted by atomic mass is 10.1. The van der Waals surface area contributed by atoms with E-state index in [0.717, 1.165) is 4.57 Å². The topological polar surface area (TPSA) is 110 Å². The fourth-order valence-electron chi connectivity index (χ4n) is 2.58. The SMILES string of the molecule is CCOC(=O)CC1C(=O)Nc2cccc3[nH]c(=O)c(=O)n1c23. The maximum Gasteiger partial charge on any atom is 0.317 e. The highest BCUT2D eigenvalue weighted by atomic mass is 16.5. The molecule has 1 aromatic carbocycles. The molecule has 1 atom stereocenters. The minimum Gasteiger partial charge on any atom is -0.466 e. The third-order valence-corrected chi connectivity index (χ3v) is 3.48. The molecule has 8 nitrogen and oxygen atoms in total. The Morgan fingerprint density at radius 1 is 1.32 bits per heavy atom. The van der Waals surface area contributed by atoms with Crippen LogP contribution in [0.15, 0.2) is 27.8 Å². The lowest BCUT2D eigenvalue weighted by Gasteiger charge is -2.26. The summed E-state index contributed by atoms with van der Waals surface area (Å²) in [4.78, 5) is 50.3. The highest BCUT2D eigenvalue weighted by Crippen LogP contribution is 2.29. The third kappa shape index (κ3) is 2.09. The van der Waals surface area contributed by atoms with Gasteiger partial charge in [-0.3, -0.25) is 23.7 Å². The molecule has 1 aliphatic rings. The minimum atomic E-state index is -1.11. The van der Waals surface area contributed by atoms with Gasteiger partial charge in [0, 0.05) is 0 Å². The zero-order chi connectivity index (χ0) is 15.9. The van der Waals surface area contributed by atoms with Gasteiger partial charge in [0.1, 0.15) is 6.04 Å². The average Bonchev–Trinajstić information content (AvgIpc) is 2.47. The third-order valence-electron chi connectivity index (χ3n) is 3.48. The number of benzene rings is 1. The molecule has 0 spiro atoms. The number of rotatable bonds is 3. The average molecular weight is 303 g/mol. The first-order valence-corrected chi connectivity index (χ1v) is 6.77. The van der Waals surface area contributed by atoms with Gasteiger partial charge < -0.3 is 15.0 Å². The molecule has 114 valence electrons. The summed E-state index contributed by atoms with van der Waals surface area (Å²) in [6, 6.07) is 3.78. The second-order valence-electron chi connectivity index (χ2n) is 4.85. The van der Waals surface area contributed by atoms with E-state index in [2.05, 4.69) is 10.3 Å². The van der Waals surface area contributed by atoms with Crippen LogP contribution in [0.3, 0.4) is 0 Å². The largest absolute Gasteiger partial charge is 0.466 e. The van der Waals surface area contributed by atoms with Crippen molar-refractivity contribution in [2.75, 3.05) is 11.9 Å². The highest BCUT2D eigenvalue weighted by molar-refractivity contribution is 6.05. The van der Waals surface area contributed by atoms with Crippen molar-refractivity contribution in [1.82, 2.24) is 9.55 Å². The number of esters is 1. The van der Waals surface area contributed by atoms with Crippen molar-refractivity contribution >= 4 is 28.6 Å². The zero-order valence-electron chi connectivity index (χ0n) is 11.7. The summed E-state index contributed by atoms with van der Waals surface area (Å²) in [5, 5.41) is 2.64. The number of nitrogens with zero attached hydrogens (tertiary/aromatic N) is 1. The van der Waals surface area contributed by atoms with Crippen molar-refractivity contribution in [3.63, 3.8) is 0 Å². The van der Waals surface area contributed by atoms with Crippen LogP contribution in [0.2, 0.25) is 0 Å². The smallest absolute Gasteiger partial charge is 0.317 e. The van der Waals surface area contributed by atoms with Crippen LogP contribution < -0.4 is 16.4 Å². The van der Waals surface area contributed by atoms with Gasteiger partial charge >= 0.3 is 17.1 Å². The van der Waals surface area contributed by atoms with Gasteiger partial charge in [0.2, 0.25) is 5.91 Å². The summed E-state index contributed by atoms with van der Waals surface area (Å²) in [6.45, 7) is 1.81. The van der Waals surface area contributed by atoms with E-state index in [-0.39, 0.29) is 13.0 Å². The first-order valence-electron chi connectivity index (χ1n) is 6.77. The molecule has 0 fully saturated rings. The lowest BCUT2D eigenvalue weighted by molar-refractivity contribution is -0.145. The summed E-state index contributed by atoms with van der Waals surface area (Å²) < 4.78 is 5.90. The Balaban J connectivity index is 2.24. The maximum absolute atomic E-state index is 12.2. The van der Waals surface area contributed by atoms with E-state index in [9.17, 15) is 19.2 Å². The predicted octanol–water partition coefficient (Wildman–Crippen LogP) is 0.136. The van der Waals surface area contributed by atoms with E-state index in [1.807, 2.05) is 0 Å². The number of carbonyl (C=O) groups is 2. The first kappa shape index (κ1) is 14.1. The molecule has 22 heavy (non-hydrogen) atoms. The number of ether oxygens (including phenoxy) is 1. The lowest BCUT2D eigenvalue weighted by Crippen LogP contribution is -2.45. The fourth-order valence-corrected chi connectivity index (χ4v) is 2.58. The van der Waals surface area contributed by atoms with Crippen LogP contribution in [0.4, 0.5) is 5.69 Å². The number of hydrogen-bond acceptors (Lipinski definition) is 5. The summed E-state index contributed by atoms with van der Waals surface area (Å²) >= 11 is 0. The van der Waals surface area contributed by atoms with E-state index >= 15 is 0 Å². The number of hydrogen-bond donors (Lipinski definition) is 2. The Bertz CT molecular complexity index is 895. The van der Waals surface area contributed by atoms with Crippen molar-refractivity contribution < 1.29 is 14.3 Å². The van der Waals surface area contributed by atoms with Crippen LogP contribution in [0.1, 0.15) is 19.4 Å². The number of aromatic nitrogens is 2. The summed E-state index contributed by atoms with van der Waals surface area (Å²) in [6.07, 6.45) is -0.313. The molecular formula is C14H13N3O5. The summed E-state index contributed by atoms with van der Waals surface area (Å²) in [5.74, 6) is -1.14. The Morgan fingerprint density at radius 3 is 2.82 bits per heavy atom. The fraction of sp³-hybridized carbons (Fsp3) is 0.286. The number of carbonyl (C=O) groups excluding carboxylic acids is 2. The Morgan fingerprint density at radius 2 is 2.09 bits per heavy atom. The van der Waals surface area contributed by atoms with E-state index in [0.29, 0.717) is 16.7 Å². The first-order chi connectivity index (χ1) is 10.5. The number of anilines is 1. The molecule has 2 N–H and O–H groups in total. The maximum atomic E-state index is 12.2. The van der Waals surface area contributed by atoms with Gasteiger partial charge in [0.25, 0.3) is 0 Å². The van der Waals surface area contributed by atoms with Crippen molar-refractivity contribution in [2.24, 2.45) is 0 Å². The Labute approximate surface area is 123 Å². The van der Waals surface area contributed by atoms with Crippen LogP contribution in [-0.2, 0) is 14.3 Å². The number of H-pyrrole nitrogens is 1. The van der Waals surface area contributed by atoms with Crippen LogP contribution >= 0.6 is 0 Å². The molecule has 0 bridgehead atoms. The van der Waals surface area contributed by atoms with Gasteiger partial charge in [0.05, 0.1) is 29.7 Å². The normalized spacial score (nSPS) is 16.4. The number of nitrogens with one attached hydrogen (secondary N) is 2. The molecular weight excluding hydrogens is 290 g/mol. The molecule has 0 aliphatic carbocycles.